The molecule has 2 N–H and O–H groups in total. The minimum atomic E-state index is 0.605. The normalized spacial score (nSPS) is 10.6. The number of nitrogens with two attached hydrogens (primary N) is 1. The van der Waals surface area contributed by atoms with Crippen LogP contribution in [0.4, 0.5) is 11.4 Å². The largest absolute Gasteiger partial charge is 0.399 e. The van der Waals surface area contributed by atoms with Gasteiger partial charge in [0.2, 0.25) is 11.0 Å². The Morgan fingerprint density at radius 3 is 2.47 bits per heavy atom. The van der Waals surface area contributed by atoms with Crippen molar-refractivity contribution in [1.82, 2.24) is 0 Å². The van der Waals surface area contributed by atoms with E-state index in [4.69, 9.17) is 11.3 Å². The molecule has 5 nitrogen and oxygen atoms in total. The second-order valence-electron chi connectivity index (χ2n) is 4.45. The number of hydrogen-bond donors (Lipinski definition) is 1. The zero-order chi connectivity index (χ0) is 13.4. The van der Waals surface area contributed by atoms with Crippen molar-refractivity contribution < 1.29 is 4.57 Å². The van der Waals surface area contributed by atoms with Crippen LogP contribution >= 0.6 is 0 Å². The molecule has 5 heteroatoms. The standard InChI is InChI=1S/C14H11N5/c1-19-13-7-11(15)4-2-9(13)6-10-3-5-12(17-18-16)8-14(10)19/h2-8,15H,1H3/p+1. The molecule has 2 aromatic carbocycles. The van der Waals surface area contributed by atoms with E-state index in [9.17, 15) is 0 Å². The molecule has 0 saturated carbocycles. The molecule has 0 aliphatic rings. The molecule has 3 aromatic rings. The molecule has 0 saturated heterocycles. The highest BCUT2D eigenvalue weighted by Gasteiger charge is 2.12. The Bertz CT molecular complexity index is 847. The third-order valence-electron chi connectivity index (χ3n) is 3.26. The van der Waals surface area contributed by atoms with Crippen molar-refractivity contribution >= 4 is 33.2 Å². The Kier molecular flexibility index (Phi) is 2.47. The summed E-state index contributed by atoms with van der Waals surface area (Å²) < 4.78 is 2.05. The molecule has 0 amide bonds. The number of azide groups is 1. The maximum atomic E-state index is 8.50. The van der Waals surface area contributed by atoms with E-state index in [0.29, 0.717) is 5.69 Å². The first-order chi connectivity index (χ1) is 9.19. The summed E-state index contributed by atoms with van der Waals surface area (Å²) in [6.07, 6.45) is 0. The van der Waals surface area contributed by atoms with Crippen molar-refractivity contribution in [1.29, 1.82) is 0 Å². The second kappa shape index (κ2) is 4.15. The lowest BCUT2D eigenvalue weighted by Crippen LogP contribution is -2.30. The molecular weight excluding hydrogens is 238 g/mol. The Hall–Kier alpha value is -2.78. The van der Waals surface area contributed by atoms with Crippen molar-refractivity contribution in [3.8, 4) is 0 Å². The summed E-state index contributed by atoms with van der Waals surface area (Å²) in [5.74, 6) is 0. The van der Waals surface area contributed by atoms with Crippen molar-refractivity contribution in [3.63, 3.8) is 0 Å². The number of anilines is 1. The molecule has 1 aromatic heterocycles. The van der Waals surface area contributed by atoms with E-state index in [1.165, 1.54) is 0 Å². The molecule has 0 bridgehead atoms. The highest BCUT2D eigenvalue weighted by Crippen LogP contribution is 2.23. The number of nitrogens with zero attached hydrogens (tertiary/aromatic N) is 4. The lowest BCUT2D eigenvalue weighted by atomic mass is 10.1. The van der Waals surface area contributed by atoms with Gasteiger partial charge in [-0.15, -0.1) is 0 Å². The topological polar surface area (TPSA) is 78.7 Å². The number of fused-ring (bicyclic) bond motifs is 2. The van der Waals surface area contributed by atoms with Crippen LogP contribution in [-0.2, 0) is 7.05 Å². The molecular formula is C14H12N5+. The molecule has 92 valence electrons. The van der Waals surface area contributed by atoms with Crippen LogP contribution < -0.4 is 10.3 Å². The molecule has 3 rings (SSSR count). The Morgan fingerprint density at radius 1 is 1.05 bits per heavy atom. The van der Waals surface area contributed by atoms with Gasteiger partial charge < -0.3 is 5.73 Å². The van der Waals surface area contributed by atoms with E-state index in [1.54, 1.807) is 0 Å². The summed E-state index contributed by atoms with van der Waals surface area (Å²) in [7, 11) is 1.98. The summed E-state index contributed by atoms with van der Waals surface area (Å²) >= 11 is 0. The lowest BCUT2D eigenvalue weighted by molar-refractivity contribution is -0.617. The lowest BCUT2D eigenvalue weighted by Gasteiger charge is -2.03. The summed E-state index contributed by atoms with van der Waals surface area (Å²) in [6.45, 7) is 0. The monoisotopic (exact) mass is 250 g/mol. The van der Waals surface area contributed by atoms with Gasteiger partial charge in [0.15, 0.2) is 0 Å². The van der Waals surface area contributed by atoms with E-state index in [0.717, 1.165) is 27.5 Å². The van der Waals surface area contributed by atoms with Gasteiger partial charge in [0.25, 0.3) is 0 Å². The summed E-state index contributed by atoms with van der Waals surface area (Å²) in [5.41, 5.74) is 17.7. The Labute approximate surface area is 109 Å². The second-order valence-corrected chi connectivity index (χ2v) is 4.45. The highest BCUT2D eigenvalue weighted by atomic mass is 15.1. The smallest absolute Gasteiger partial charge is 0.214 e. The minimum absolute atomic E-state index is 0.605. The maximum absolute atomic E-state index is 8.50. The fraction of sp³-hybridized carbons (Fsp3) is 0.0714. The Balaban J connectivity index is 2.44. The number of rotatable bonds is 1. The van der Waals surface area contributed by atoms with Gasteiger partial charge in [-0.05, 0) is 29.8 Å². The van der Waals surface area contributed by atoms with Crippen LogP contribution in [0.2, 0.25) is 0 Å². The van der Waals surface area contributed by atoms with E-state index in [1.807, 2.05) is 43.4 Å². The first kappa shape index (κ1) is 11.3. The van der Waals surface area contributed by atoms with Crippen molar-refractivity contribution in [2.24, 2.45) is 12.2 Å². The van der Waals surface area contributed by atoms with Gasteiger partial charge in [-0.1, -0.05) is 11.2 Å². The van der Waals surface area contributed by atoms with Crippen LogP contribution in [0.15, 0.2) is 47.6 Å². The summed E-state index contributed by atoms with van der Waals surface area (Å²) in [5, 5.41) is 5.86. The fourth-order valence-corrected chi connectivity index (χ4v) is 2.33. The van der Waals surface area contributed by atoms with Crippen LogP contribution in [0.5, 0.6) is 0 Å². The maximum Gasteiger partial charge on any atom is 0.214 e. The van der Waals surface area contributed by atoms with Gasteiger partial charge in [-0.3, -0.25) is 0 Å². The molecule has 0 aliphatic carbocycles. The van der Waals surface area contributed by atoms with E-state index < -0.39 is 0 Å². The first-order valence-electron chi connectivity index (χ1n) is 5.86. The van der Waals surface area contributed by atoms with Crippen LogP contribution in [0.25, 0.3) is 32.2 Å². The number of hydrogen-bond acceptors (Lipinski definition) is 2. The molecule has 0 radical (unpaired) electrons. The zero-order valence-electron chi connectivity index (χ0n) is 10.4. The van der Waals surface area contributed by atoms with Crippen molar-refractivity contribution in [2.45, 2.75) is 0 Å². The molecule has 0 fully saturated rings. The summed E-state index contributed by atoms with van der Waals surface area (Å²) in [4.78, 5) is 2.81. The van der Waals surface area contributed by atoms with Gasteiger partial charge in [0, 0.05) is 39.2 Å². The molecule has 1 heterocycles. The van der Waals surface area contributed by atoms with Gasteiger partial charge >= 0.3 is 0 Å². The van der Waals surface area contributed by atoms with E-state index >= 15 is 0 Å². The average Bonchev–Trinajstić information content (AvgIpc) is 2.41. The zero-order valence-corrected chi connectivity index (χ0v) is 10.4. The van der Waals surface area contributed by atoms with Gasteiger partial charge in [-0.25, -0.2) is 0 Å². The fourth-order valence-electron chi connectivity index (χ4n) is 2.33. The number of aromatic nitrogens is 1. The number of nitrogen functional groups attached to an aromatic ring is 1. The minimum Gasteiger partial charge on any atom is -0.399 e. The third kappa shape index (κ3) is 1.82. The van der Waals surface area contributed by atoms with E-state index in [-0.39, 0.29) is 0 Å². The van der Waals surface area contributed by atoms with E-state index in [2.05, 4.69) is 20.7 Å². The molecule has 0 unspecified atom stereocenters. The van der Waals surface area contributed by atoms with Crippen molar-refractivity contribution in [3.05, 3.63) is 52.9 Å². The van der Waals surface area contributed by atoms with Gasteiger partial charge in [0.1, 0.15) is 7.05 Å². The third-order valence-corrected chi connectivity index (χ3v) is 3.26. The van der Waals surface area contributed by atoms with Gasteiger partial charge in [0.05, 0.1) is 0 Å². The first-order valence-corrected chi connectivity index (χ1v) is 5.86. The average molecular weight is 250 g/mol. The summed E-state index contributed by atoms with van der Waals surface area (Å²) in [6, 6.07) is 13.6. The molecule has 0 aliphatic heterocycles. The number of benzene rings is 2. The Morgan fingerprint density at radius 2 is 1.74 bits per heavy atom. The predicted molar refractivity (Wildman–Crippen MR) is 75.8 cm³/mol. The van der Waals surface area contributed by atoms with Crippen LogP contribution in [0, 0.1) is 0 Å². The van der Waals surface area contributed by atoms with Crippen LogP contribution in [-0.4, -0.2) is 0 Å². The van der Waals surface area contributed by atoms with Crippen LogP contribution in [0.3, 0.4) is 0 Å². The van der Waals surface area contributed by atoms with Gasteiger partial charge in [-0.2, -0.15) is 4.57 Å². The quantitative estimate of drug-likeness (QED) is 0.176. The SMILES string of the molecule is C[n+]1c2cc(N)ccc2cc2ccc(N=[N+]=[N-])cc21. The predicted octanol–water partition coefficient (Wildman–Crippen LogP) is 3.34. The van der Waals surface area contributed by atoms with Crippen LogP contribution in [0.1, 0.15) is 0 Å². The molecule has 19 heavy (non-hydrogen) atoms. The molecule has 0 spiro atoms. The molecule has 0 atom stereocenters. The van der Waals surface area contributed by atoms with Crippen molar-refractivity contribution in [2.75, 3.05) is 5.73 Å². The number of pyridine rings is 1. The number of aryl methyl sites for hydroxylation is 1. The highest BCUT2D eigenvalue weighted by molar-refractivity contribution is 5.90.